The molecule has 194 valence electrons. The quantitative estimate of drug-likeness (QED) is 0.136. The molecule has 0 aliphatic carbocycles. The summed E-state index contributed by atoms with van der Waals surface area (Å²) in [7, 11) is 0. The van der Waals surface area contributed by atoms with E-state index in [0.717, 1.165) is 0 Å². The van der Waals surface area contributed by atoms with E-state index in [-0.39, 0.29) is 245 Å². The Balaban J connectivity index is -0.0000000675. The van der Waals surface area contributed by atoms with Crippen molar-refractivity contribution in [2.24, 2.45) is 0 Å². The van der Waals surface area contributed by atoms with Crippen LogP contribution in [0.4, 0.5) is 0 Å². The van der Waals surface area contributed by atoms with Gasteiger partial charge in [-0.05, 0) is 36.4 Å². The minimum Gasteiger partial charge on any atom is -1.00 e. The first-order chi connectivity index (χ1) is 16.9. The molecule has 0 amide bonds. The van der Waals surface area contributed by atoms with Crippen molar-refractivity contribution in [2.45, 2.75) is 0 Å². The third-order valence-electron chi connectivity index (χ3n) is 4.16. The Morgan fingerprint density at radius 1 is 0.325 bits per heavy atom. The molecule has 0 fully saturated rings. The molecule has 0 aromatic heterocycles. The predicted molar refractivity (Wildman–Crippen MR) is 126 cm³/mol. The molecule has 0 saturated heterocycles. The minimum absolute atomic E-state index is 0. The first-order valence-corrected chi connectivity index (χ1v) is 9.55. The van der Waals surface area contributed by atoms with Crippen molar-refractivity contribution in [1.29, 1.82) is 0 Å². The van der Waals surface area contributed by atoms with Crippen LogP contribution < -0.4 is 206 Å². The fourth-order valence-corrected chi connectivity index (χ4v) is 2.57. The summed E-state index contributed by atoms with van der Waals surface area (Å²) in [5.74, 6) is -7.37. The third kappa shape index (κ3) is 16.8. The van der Waals surface area contributed by atoms with E-state index in [9.17, 15) is 28.8 Å². The molecule has 3 aromatic carbocycles. The molecule has 0 radical (unpaired) electrons. The van der Waals surface area contributed by atoms with Gasteiger partial charge in [-0.1, -0.05) is 36.4 Å². The maximum atomic E-state index is 10.5. The Morgan fingerprint density at radius 2 is 0.425 bits per heavy atom. The number of hydrogen-bond donors (Lipinski definition) is 6. The van der Waals surface area contributed by atoms with Crippen LogP contribution in [0, 0.1) is 0 Å². The van der Waals surface area contributed by atoms with Crippen LogP contribution in [0.15, 0.2) is 72.8 Å². The number of hydrogen-bond acceptors (Lipinski definition) is 6. The fourth-order valence-electron chi connectivity index (χ4n) is 2.57. The summed E-state index contributed by atoms with van der Waals surface area (Å²) in [6.45, 7) is 0. The van der Waals surface area contributed by atoms with Crippen LogP contribution >= 0.6 is 0 Å². The van der Waals surface area contributed by atoms with Gasteiger partial charge in [0.25, 0.3) is 0 Å². The number of aromatic carboxylic acids is 6. The summed E-state index contributed by atoms with van der Waals surface area (Å²) in [5, 5.41) is 51.3. The molecule has 0 bridgehead atoms. The summed E-state index contributed by atoms with van der Waals surface area (Å²) >= 11 is 0. The van der Waals surface area contributed by atoms with Gasteiger partial charge in [-0.25, -0.2) is 28.8 Å². The molecule has 0 aliphatic heterocycles. The van der Waals surface area contributed by atoms with E-state index in [1.54, 1.807) is 0 Å². The number of carboxylic acid groups (broad SMARTS) is 6. The van der Waals surface area contributed by atoms with Gasteiger partial charge in [0, 0.05) is 0 Å². The van der Waals surface area contributed by atoms with Crippen LogP contribution in [-0.2, 0) is 0 Å². The molecule has 40 heavy (non-hydrogen) atoms. The zero-order valence-corrected chi connectivity index (χ0v) is 34.6. The van der Waals surface area contributed by atoms with Gasteiger partial charge < -0.3 is 36.3 Å². The summed E-state index contributed by atoms with van der Waals surface area (Å²) in [6, 6.07) is 16.4. The van der Waals surface area contributed by atoms with E-state index in [0.29, 0.717) is 0 Å². The van der Waals surface area contributed by atoms with Crippen LogP contribution in [0.5, 0.6) is 0 Å². The van der Waals surface area contributed by atoms with Gasteiger partial charge in [0.15, 0.2) is 0 Å². The Kier molecular flexibility index (Phi) is 30.4. The van der Waals surface area contributed by atoms with Crippen molar-refractivity contribution < 1.29 is 271 Å². The van der Waals surface area contributed by atoms with Crippen LogP contribution in [-0.4, -0.2) is 66.5 Å². The summed E-state index contributed by atoms with van der Waals surface area (Å²) < 4.78 is 0. The zero-order chi connectivity index (χ0) is 27.4. The Morgan fingerprint density at radius 3 is 0.500 bits per heavy atom. The number of benzene rings is 3. The van der Waals surface area contributed by atoms with E-state index < -0.39 is 35.8 Å². The largest absolute Gasteiger partial charge is 1.00 e. The molecule has 0 spiro atoms. The van der Waals surface area contributed by atoms with Crippen molar-refractivity contribution in [3.05, 3.63) is 106 Å². The second kappa shape index (κ2) is 25.4. The summed E-state index contributed by atoms with van der Waals surface area (Å²) in [6.07, 6.45) is 0. The second-order valence-electron chi connectivity index (χ2n) is 6.47. The van der Waals surface area contributed by atoms with E-state index in [1.165, 1.54) is 72.8 Å². The zero-order valence-electron chi connectivity index (χ0n) is 26.1. The normalized spacial score (nSPS) is 8.40. The standard InChI is InChI=1S/3C8H6O4.4K.4H/c3*9-7(10)5-3-1-2-4-6(5)8(11)12;;;;;;;;/h3*1-4H,(H,9,10)(H,11,12);;;;;;;;/q;;;4*+1;4*-1. The van der Waals surface area contributed by atoms with Crippen molar-refractivity contribution in [2.75, 3.05) is 0 Å². The molecular weight excluding hydrogens is 637 g/mol. The molecule has 6 N–H and O–H groups in total. The molecule has 0 saturated carbocycles. The van der Waals surface area contributed by atoms with Crippen LogP contribution in [0.25, 0.3) is 0 Å². The number of carboxylic acids is 6. The maximum Gasteiger partial charge on any atom is 1.00 e. The Bertz CT molecular complexity index is 1090. The molecule has 3 rings (SSSR count). The van der Waals surface area contributed by atoms with E-state index in [2.05, 4.69) is 0 Å². The van der Waals surface area contributed by atoms with Gasteiger partial charge in [0.05, 0.1) is 33.4 Å². The molecule has 16 heteroatoms. The minimum atomic E-state index is -1.23. The first-order valence-electron chi connectivity index (χ1n) is 9.55. The van der Waals surface area contributed by atoms with Gasteiger partial charge >= 0.3 is 241 Å². The van der Waals surface area contributed by atoms with E-state index >= 15 is 0 Å². The topological polar surface area (TPSA) is 224 Å². The molecule has 0 unspecified atom stereocenters. The smallest absolute Gasteiger partial charge is 1.00 e. The van der Waals surface area contributed by atoms with Gasteiger partial charge in [-0.3, -0.25) is 0 Å². The molecule has 0 aliphatic rings. The molecule has 12 nitrogen and oxygen atoms in total. The van der Waals surface area contributed by atoms with Crippen molar-refractivity contribution in [3.63, 3.8) is 0 Å². The van der Waals surface area contributed by atoms with Gasteiger partial charge in [0.2, 0.25) is 0 Å². The third-order valence-corrected chi connectivity index (χ3v) is 4.16. The van der Waals surface area contributed by atoms with Crippen LogP contribution in [0.3, 0.4) is 0 Å². The molecule has 0 atom stereocenters. The summed E-state index contributed by atoms with van der Waals surface area (Å²) in [5.41, 5.74) is -1.14. The molecular formula is C24H22K4O12. The van der Waals surface area contributed by atoms with E-state index in [4.69, 9.17) is 30.6 Å². The molecule has 0 heterocycles. The average Bonchev–Trinajstić information content (AvgIpc) is 2.84. The van der Waals surface area contributed by atoms with Crippen molar-refractivity contribution in [1.82, 2.24) is 0 Å². The molecule has 3 aromatic rings. The number of carbonyl (C=O) groups is 6. The first kappa shape index (κ1) is 47.9. The van der Waals surface area contributed by atoms with Crippen molar-refractivity contribution in [3.8, 4) is 0 Å². The summed E-state index contributed by atoms with van der Waals surface area (Å²) in [4.78, 5) is 62.8. The van der Waals surface area contributed by atoms with E-state index in [1.807, 2.05) is 0 Å². The van der Waals surface area contributed by atoms with Crippen molar-refractivity contribution >= 4 is 35.8 Å². The van der Waals surface area contributed by atoms with Crippen LogP contribution in [0.2, 0.25) is 0 Å². The predicted octanol–water partition coefficient (Wildman–Crippen LogP) is -8.29. The van der Waals surface area contributed by atoms with Gasteiger partial charge in [-0.15, -0.1) is 0 Å². The Hall–Kier alpha value is 1.03. The second-order valence-corrected chi connectivity index (χ2v) is 6.47. The van der Waals surface area contributed by atoms with Crippen LogP contribution in [0.1, 0.15) is 67.9 Å². The maximum absolute atomic E-state index is 10.5. The average molecular weight is 659 g/mol. The fraction of sp³-hybridized carbons (Fsp3) is 0. The van der Waals surface area contributed by atoms with Gasteiger partial charge in [-0.2, -0.15) is 0 Å². The number of rotatable bonds is 6. The monoisotopic (exact) mass is 658 g/mol. The SMILES string of the molecule is O=C(O)c1ccccc1C(=O)O.O=C(O)c1ccccc1C(=O)O.O=C(O)c1ccccc1C(=O)O.[H-].[H-].[H-].[H-].[K+].[K+].[K+].[K+]. The van der Waals surface area contributed by atoms with Gasteiger partial charge in [0.1, 0.15) is 0 Å². The Labute approximate surface area is 403 Å².